The topological polar surface area (TPSA) is 95.5 Å². The zero-order chi connectivity index (χ0) is 13.2. The smallest absolute Gasteiger partial charge is 0.322 e. The van der Waals surface area contributed by atoms with E-state index in [1.807, 2.05) is 0 Å². The molecule has 0 spiro atoms. The van der Waals surface area contributed by atoms with Crippen molar-refractivity contribution in [2.24, 2.45) is 0 Å². The van der Waals surface area contributed by atoms with E-state index in [-0.39, 0.29) is 12.8 Å². The quantitative estimate of drug-likeness (QED) is 0.678. The van der Waals surface area contributed by atoms with Gasteiger partial charge in [0.1, 0.15) is 5.54 Å². The molecule has 1 aliphatic heterocycles. The molecule has 2 rings (SSSR count). The van der Waals surface area contributed by atoms with Gasteiger partial charge in [-0.3, -0.25) is 14.9 Å². The van der Waals surface area contributed by atoms with Crippen molar-refractivity contribution >= 4 is 17.9 Å². The van der Waals surface area contributed by atoms with E-state index in [0.29, 0.717) is 5.56 Å². The number of carboxylic acid groups (broad SMARTS) is 1. The van der Waals surface area contributed by atoms with Crippen LogP contribution in [-0.2, 0) is 15.1 Å². The number of aliphatic carboxylic acids is 1. The Morgan fingerprint density at radius 1 is 1.22 bits per heavy atom. The van der Waals surface area contributed by atoms with Crippen LogP contribution in [0, 0.1) is 0 Å². The van der Waals surface area contributed by atoms with Gasteiger partial charge in [0.2, 0.25) is 0 Å². The summed E-state index contributed by atoms with van der Waals surface area (Å²) in [5, 5.41) is 13.4. The molecule has 1 saturated heterocycles. The standard InChI is InChI=1S/C12H12N2O4/c15-9(16)6-7-12(8-4-2-1-3-5-8)10(17)13-11(18)14-12/h1-5H,6-7H2,(H,15,16)(H2,13,14,17,18)/i10-1. The first kappa shape index (κ1) is 12.1. The van der Waals surface area contributed by atoms with Gasteiger partial charge in [-0.15, -0.1) is 0 Å². The summed E-state index contributed by atoms with van der Waals surface area (Å²) in [5.41, 5.74) is -0.703. The Morgan fingerprint density at radius 2 is 1.89 bits per heavy atom. The number of rotatable bonds is 4. The Labute approximate surface area is 103 Å². The Morgan fingerprint density at radius 3 is 2.39 bits per heavy atom. The van der Waals surface area contributed by atoms with Crippen LogP contribution < -0.4 is 10.6 Å². The highest BCUT2D eigenvalue weighted by Gasteiger charge is 2.47. The molecule has 1 aliphatic rings. The van der Waals surface area contributed by atoms with Crippen molar-refractivity contribution in [3.05, 3.63) is 35.9 Å². The van der Waals surface area contributed by atoms with E-state index in [1.165, 1.54) is 0 Å². The van der Waals surface area contributed by atoms with Gasteiger partial charge in [-0.05, 0) is 12.0 Å². The molecule has 0 radical (unpaired) electrons. The summed E-state index contributed by atoms with van der Waals surface area (Å²) in [5.74, 6) is -1.53. The number of benzene rings is 1. The van der Waals surface area contributed by atoms with E-state index in [1.54, 1.807) is 30.3 Å². The molecule has 1 heterocycles. The molecule has 6 heteroatoms. The van der Waals surface area contributed by atoms with Gasteiger partial charge in [0.05, 0.1) is 0 Å². The molecule has 0 aliphatic carbocycles. The van der Waals surface area contributed by atoms with Crippen molar-refractivity contribution in [3.8, 4) is 0 Å². The van der Waals surface area contributed by atoms with E-state index < -0.39 is 23.4 Å². The van der Waals surface area contributed by atoms with E-state index >= 15 is 0 Å². The number of amides is 3. The van der Waals surface area contributed by atoms with Crippen molar-refractivity contribution in [2.75, 3.05) is 0 Å². The number of imide groups is 1. The lowest BCUT2D eigenvalue weighted by Gasteiger charge is -2.25. The lowest BCUT2D eigenvalue weighted by atomic mass is 9.67. The van der Waals surface area contributed by atoms with Gasteiger partial charge in [0, 0.05) is 6.42 Å². The van der Waals surface area contributed by atoms with Crippen LogP contribution in [0.1, 0.15) is 18.4 Å². The summed E-state index contributed by atoms with van der Waals surface area (Å²) in [6.07, 6.45) is -0.188. The monoisotopic (exact) mass is 247 g/mol. The summed E-state index contributed by atoms with van der Waals surface area (Å²) >= 11 is 0. The summed E-state index contributed by atoms with van der Waals surface area (Å²) in [6.45, 7) is 0. The molecule has 0 saturated carbocycles. The maximum Gasteiger partial charge on any atom is 0.322 e. The molecule has 94 valence electrons. The van der Waals surface area contributed by atoms with Crippen molar-refractivity contribution < 1.29 is 19.5 Å². The molecule has 3 amide bonds. The molecule has 1 atom stereocenters. The van der Waals surface area contributed by atoms with E-state index in [9.17, 15) is 14.4 Å². The van der Waals surface area contributed by atoms with Crippen molar-refractivity contribution in [1.29, 1.82) is 0 Å². The molecule has 6 nitrogen and oxygen atoms in total. The normalized spacial score (nSPS) is 22.4. The number of carbonyl (C=O) groups excluding carboxylic acids is 2. The number of carbonyl (C=O) groups is 3. The minimum absolute atomic E-state index is 0.0178. The molecule has 3 N–H and O–H groups in total. The van der Waals surface area contributed by atoms with Crippen molar-refractivity contribution in [3.63, 3.8) is 0 Å². The molecular weight excluding hydrogens is 235 g/mol. The summed E-state index contributed by atoms with van der Waals surface area (Å²) < 4.78 is 0. The number of hydrogen-bond acceptors (Lipinski definition) is 3. The maximum absolute atomic E-state index is 11.9. The number of nitrogens with one attached hydrogen (secondary N) is 2. The second-order valence-corrected chi connectivity index (χ2v) is 4.07. The first-order valence-corrected chi connectivity index (χ1v) is 5.45. The molecule has 1 unspecified atom stereocenters. The van der Waals surface area contributed by atoms with Crippen LogP contribution in [0.4, 0.5) is 4.79 Å². The maximum atomic E-state index is 11.9. The highest BCUT2D eigenvalue weighted by molar-refractivity contribution is 6.07. The fourth-order valence-corrected chi connectivity index (χ4v) is 2.03. The summed E-state index contributed by atoms with van der Waals surface area (Å²) in [6, 6.07) is 8.02. The largest absolute Gasteiger partial charge is 0.481 e. The third-order valence-electron chi connectivity index (χ3n) is 2.92. The molecule has 18 heavy (non-hydrogen) atoms. The predicted molar refractivity (Wildman–Crippen MR) is 61.7 cm³/mol. The first-order chi connectivity index (χ1) is 8.54. The van der Waals surface area contributed by atoms with Gasteiger partial charge in [-0.25, -0.2) is 4.79 Å². The molecule has 1 aromatic rings. The highest BCUT2D eigenvalue weighted by Crippen LogP contribution is 2.29. The van der Waals surface area contributed by atoms with Crippen molar-refractivity contribution in [2.45, 2.75) is 18.4 Å². The second-order valence-electron chi connectivity index (χ2n) is 4.07. The predicted octanol–water partition coefficient (Wildman–Crippen LogP) is 0.586. The first-order valence-electron chi connectivity index (χ1n) is 5.45. The minimum atomic E-state index is -1.28. The highest BCUT2D eigenvalue weighted by atomic mass is 16.4. The van der Waals surface area contributed by atoms with Gasteiger partial charge in [-0.1, -0.05) is 30.3 Å². The van der Waals surface area contributed by atoms with Gasteiger partial charge in [0.15, 0.2) is 0 Å². The Balaban J connectivity index is 2.37. The molecule has 0 aromatic heterocycles. The molecule has 1 aromatic carbocycles. The number of urea groups is 1. The van der Waals surface area contributed by atoms with Gasteiger partial charge < -0.3 is 10.4 Å². The second kappa shape index (κ2) is 4.48. The molecule has 0 bridgehead atoms. The molecular formula is C12H12N2O4. The summed E-state index contributed by atoms with van der Waals surface area (Å²) in [4.78, 5) is 33.9. The third kappa shape index (κ3) is 2.04. The van der Waals surface area contributed by atoms with E-state index in [0.717, 1.165) is 0 Å². The number of carboxylic acids is 1. The Bertz CT molecular complexity index is 500. The lowest BCUT2D eigenvalue weighted by molar-refractivity contribution is -0.137. The zero-order valence-corrected chi connectivity index (χ0v) is 9.47. The van der Waals surface area contributed by atoms with Gasteiger partial charge >= 0.3 is 12.0 Å². The average Bonchev–Trinajstić information content (AvgIpc) is 2.64. The zero-order valence-electron chi connectivity index (χ0n) is 9.47. The molecule has 1 fully saturated rings. The van der Waals surface area contributed by atoms with Crippen LogP contribution in [0.5, 0.6) is 0 Å². The minimum Gasteiger partial charge on any atom is -0.481 e. The van der Waals surface area contributed by atoms with E-state index in [4.69, 9.17) is 5.11 Å². The van der Waals surface area contributed by atoms with Gasteiger partial charge in [-0.2, -0.15) is 0 Å². The van der Waals surface area contributed by atoms with Crippen LogP contribution in [-0.4, -0.2) is 23.0 Å². The Hall–Kier alpha value is -2.37. The third-order valence-corrected chi connectivity index (χ3v) is 2.92. The van der Waals surface area contributed by atoms with Crippen molar-refractivity contribution in [1.82, 2.24) is 10.6 Å². The average molecular weight is 247 g/mol. The number of hydrogen-bond donors (Lipinski definition) is 3. The summed E-state index contributed by atoms with van der Waals surface area (Å²) in [7, 11) is 0. The SMILES string of the molecule is O=C(O)CCC1(c2ccccc2)NC(=O)N[11C]1=O. The lowest BCUT2D eigenvalue weighted by Crippen LogP contribution is -2.44. The van der Waals surface area contributed by atoms with Crippen LogP contribution in [0.3, 0.4) is 0 Å². The van der Waals surface area contributed by atoms with Gasteiger partial charge in [0.25, 0.3) is 5.91 Å². The van der Waals surface area contributed by atoms with Crippen LogP contribution in [0.25, 0.3) is 0 Å². The van der Waals surface area contributed by atoms with Crippen LogP contribution in [0.2, 0.25) is 0 Å². The van der Waals surface area contributed by atoms with E-state index in [2.05, 4.69) is 10.6 Å². The fourth-order valence-electron chi connectivity index (χ4n) is 2.03. The van der Waals surface area contributed by atoms with Crippen LogP contribution >= 0.6 is 0 Å². The Kier molecular flexibility index (Phi) is 3.01. The fraction of sp³-hybridized carbons (Fsp3) is 0.250. The van der Waals surface area contributed by atoms with Crippen LogP contribution in [0.15, 0.2) is 30.3 Å².